The highest BCUT2D eigenvalue weighted by molar-refractivity contribution is 5.51. The Morgan fingerprint density at radius 2 is 1.35 bits per heavy atom. The third kappa shape index (κ3) is 3.41. The number of hydrogen-bond donors (Lipinski definition) is 0. The fourth-order valence-electron chi connectivity index (χ4n) is 3.44. The van der Waals surface area contributed by atoms with Crippen molar-refractivity contribution >= 4 is 17.5 Å². The minimum atomic E-state index is 0.757. The topological polar surface area (TPSA) is 70.5 Å². The summed E-state index contributed by atoms with van der Waals surface area (Å²) in [6.45, 7) is 11.1. The monoisotopic (exact) mass is 355 g/mol. The molecule has 0 N–H and O–H groups in total. The SMILES string of the molecule is Cc1ncnc(N2CCN(c3ccc(N4CCOCC4)nn3)CC2)c1C. The molecule has 0 aliphatic carbocycles. The van der Waals surface area contributed by atoms with E-state index in [-0.39, 0.29) is 0 Å². The Morgan fingerprint density at radius 1 is 0.769 bits per heavy atom. The van der Waals surface area contributed by atoms with Gasteiger partial charge in [-0.15, -0.1) is 10.2 Å². The number of piperazine rings is 1. The Balaban J connectivity index is 1.39. The van der Waals surface area contributed by atoms with Crippen molar-refractivity contribution in [1.29, 1.82) is 0 Å². The van der Waals surface area contributed by atoms with Crippen molar-refractivity contribution in [2.24, 2.45) is 0 Å². The molecule has 2 aliphatic heterocycles. The van der Waals surface area contributed by atoms with Crippen molar-refractivity contribution < 1.29 is 4.74 Å². The molecule has 4 rings (SSSR count). The van der Waals surface area contributed by atoms with Crippen LogP contribution in [0, 0.1) is 13.8 Å². The third-order valence-electron chi connectivity index (χ3n) is 5.18. The van der Waals surface area contributed by atoms with Crippen molar-refractivity contribution in [1.82, 2.24) is 20.2 Å². The fraction of sp³-hybridized carbons (Fsp3) is 0.556. The molecule has 138 valence electrons. The number of aryl methyl sites for hydroxylation is 1. The fourth-order valence-corrected chi connectivity index (χ4v) is 3.44. The van der Waals surface area contributed by atoms with Crippen LogP contribution in [0.1, 0.15) is 11.3 Å². The average molecular weight is 355 g/mol. The van der Waals surface area contributed by atoms with Gasteiger partial charge in [-0.3, -0.25) is 0 Å². The number of aromatic nitrogens is 4. The molecular weight excluding hydrogens is 330 g/mol. The summed E-state index contributed by atoms with van der Waals surface area (Å²) in [6.07, 6.45) is 1.65. The standard InChI is InChI=1S/C18H25N7O/c1-14-15(2)19-13-20-18(14)25-7-5-23(6-8-25)16-3-4-17(22-21-16)24-9-11-26-12-10-24/h3-4,13H,5-12H2,1-2H3. The molecule has 26 heavy (non-hydrogen) atoms. The molecule has 4 heterocycles. The smallest absolute Gasteiger partial charge is 0.151 e. The lowest BCUT2D eigenvalue weighted by Gasteiger charge is -2.36. The Hall–Kier alpha value is -2.48. The maximum absolute atomic E-state index is 5.39. The predicted molar refractivity (Wildman–Crippen MR) is 101 cm³/mol. The van der Waals surface area contributed by atoms with Crippen molar-refractivity contribution in [3.05, 3.63) is 29.7 Å². The Kier molecular flexibility index (Phi) is 4.83. The first-order valence-corrected chi connectivity index (χ1v) is 9.17. The average Bonchev–Trinajstić information content (AvgIpc) is 2.71. The first kappa shape index (κ1) is 17.0. The molecule has 2 saturated heterocycles. The summed E-state index contributed by atoms with van der Waals surface area (Å²) < 4.78 is 5.39. The highest BCUT2D eigenvalue weighted by atomic mass is 16.5. The van der Waals surface area contributed by atoms with Crippen LogP contribution in [-0.4, -0.2) is 72.6 Å². The van der Waals surface area contributed by atoms with Crippen LogP contribution in [0.25, 0.3) is 0 Å². The lowest BCUT2D eigenvalue weighted by Crippen LogP contribution is -2.47. The maximum Gasteiger partial charge on any atom is 0.151 e. The van der Waals surface area contributed by atoms with Crippen LogP contribution in [0.4, 0.5) is 17.5 Å². The Labute approximate surface area is 153 Å². The Bertz CT molecular complexity index is 738. The molecule has 0 unspecified atom stereocenters. The quantitative estimate of drug-likeness (QED) is 0.809. The van der Waals surface area contributed by atoms with Gasteiger partial charge in [0.15, 0.2) is 11.6 Å². The van der Waals surface area contributed by atoms with Crippen LogP contribution < -0.4 is 14.7 Å². The molecule has 2 fully saturated rings. The second-order valence-corrected chi connectivity index (χ2v) is 6.73. The largest absolute Gasteiger partial charge is 0.378 e. The predicted octanol–water partition coefficient (Wildman–Crippen LogP) is 1.05. The highest BCUT2D eigenvalue weighted by Gasteiger charge is 2.21. The summed E-state index contributed by atoms with van der Waals surface area (Å²) in [5.74, 6) is 2.92. The molecule has 0 radical (unpaired) electrons. The zero-order valence-corrected chi connectivity index (χ0v) is 15.4. The summed E-state index contributed by atoms with van der Waals surface area (Å²) in [6, 6.07) is 4.14. The van der Waals surface area contributed by atoms with Gasteiger partial charge in [-0.2, -0.15) is 0 Å². The molecule has 0 spiro atoms. The van der Waals surface area contributed by atoms with Gasteiger partial charge in [-0.1, -0.05) is 0 Å². The van der Waals surface area contributed by atoms with Crippen molar-refractivity contribution in [2.45, 2.75) is 13.8 Å². The van der Waals surface area contributed by atoms with Gasteiger partial charge in [-0.05, 0) is 26.0 Å². The molecule has 0 amide bonds. The summed E-state index contributed by atoms with van der Waals surface area (Å²) in [5, 5.41) is 8.88. The lowest BCUT2D eigenvalue weighted by molar-refractivity contribution is 0.122. The molecule has 2 aliphatic rings. The number of ether oxygens (including phenoxy) is 1. The van der Waals surface area contributed by atoms with Crippen LogP contribution in [0.3, 0.4) is 0 Å². The van der Waals surface area contributed by atoms with Gasteiger partial charge in [0.2, 0.25) is 0 Å². The van der Waals surface area contributed by atoms with Crippen LogP contribution in [0.2, 0.25) is 0 Å². The minimum Gasteiger partial charge on any atom is -0.378 e. The maximum atomic E-state index is 5.39. The van der Waals surface area contributed by atoms with Gasteiger partial charge in [0.25, 0.3) is 0 Å². The molecule has 0 aromatic carbocycles. The molecule has 8 nitrogen and oxygen atoms in total. The third-order valence-corrected chi connectivity index (χ3v) is 5.18. The van der Waals surface area contributed by atoms with Crippen LogP contribution in [-0.2, 0) is 4.74 Å². The van der Waals surface area contributed by atoms with E-state index >= 15 is 0 Å². The zero-order valence-electron chi connectivity index (χ0n) is 15.4. The van der Waals surface area contributed by atoms with E-state index in [0.29, 0.717) is 0 Å². The van der Waals surface area contributed by atoms with Crippen LogP contribution in [0.15, 0.2) is 18.5 Å². The minimum absolute atomic E-state index is 0.757. The van der Waals surface area contributed by atoms with Gasteiger partial charge in [-0.25, -0.2) is 9.97 Å². The van der Waals surface area contributed by atoms with Gasteiger partial charge in [0.1, 0.15) is 12.1 Å². The Morgan fingerprint density at radius 3 is 1.96 bits per heavy atom. The van der Waals surface area contributed by atoms with Crippen LogP contribution >= 0.6 is 0 Å². The number of nitrogens with zero attached hydrogens (tertiary/aromatic N) is 7. The van der Waals surface area contributed by atoms with E-state index in [0.717, 1.165) is 81.2 Å². The lowest BCUT2D eigenvalue weighted by atomic mass is 10.2. The zero-order chi connectivity index (χ0) is 17.9. The normalized spacial score (nSPS) is 18.3. The molecule has 0 bridgehead atoms. The molecule has 0 saturated carbocycles. The highest BCUT2D eigenvalue weighted by Crippen LogP contribution is 2.22. The van der Waals surface area contributed by atoms with Crippen LogP contribution in [0.5, 0.6) is 0 Å². The van der Waals surface area contributed by atoms with E-state index in [4.69, 9.17) is 4.74 Å². The second kappa shape index (κ2) is 7.41. The van der Waals surface area contributed by atoms with Crippen molar-refractivity contribution in [3.63, 3.8) is 0 Å². The number of morpholine rings is 1. The van der Waals surface area contributed by atoms with E-state index in [2.05, 4.69) is 53.9 Å². The van der Waals surface area contributed by atoms with E-state index in [9.17, 15) is 0 Å². The van der Waals surface area contributed by atoms with Gasteiger partial charge in [0, 0.05) is 50.5 Å². The van der Waals surface area contributed by atoms with Gasteiger partial charge < -0.3 is 19.4 Å². The van der Waals surface area contributed by atoms with E-state index in [1.54, 1.807) is 6.33 Å². The number of hydrogen-bond acceptors (Lipinski definition) is 8. The molecule has 0 atom stereocenters. The molecular formula is C18H25N7O. The van der Waals surface area contributed by atoms with E-state index < -0.39 is 0 Å². The molecule has 2 aromatic heterocycles. The van der Waals surface area contributed by atoms with Crippen molar-refractivity contribution in [3.8, 4) is 0 Å². The van der Waals surface area contributed by atoms with E-state index in [1.165, 1.54) is 0 Å². The summed E-state index contributed by atoms with van der Waals surface area (Å²) >= 11 is 0. The number of anilines is 3. The number of rotatable bonds is 3. The van der Waals surface area contributed by atoms with E-state index in [1.807, 2.05) is 6.92 Å². The first-order valence-electron chi connectivity index (χ1n) is 9.17. The van der Waals surface area contributed by atoms with Gasteiger partial charge in [0.05, 0.1) is 13.2 Å². The first-order chi connectivity index (χ1) is 12.7. The second-order valence-electron chi connectivity index (χ2n) is 6.73. The summed E-state index contributed by atoms with van der Waals surface area (Å²) in [4.78, 5) is 15.6. The summed E-state index contributed by atoms with van der Waals surface area (Å²) in [7, 11) is 0. The van der Waals surface area contributed by atoms with Gasteiger partial charge >= 0.3 is 0 Å². The molecule has 8 heteroatoms. The summed E-state index contributed by atoms with van der Waals surface area (Å²) in [5.41, 5.74) is 2.21. The van der Waals surface area contributed by atoms with Crippen molar-refractivity contribution in [2.75, 3.05) is 67.2 Å². The molecule has 2 aromatic rings.